The van der Waals surface area contributed by atoms with Crippen molar-refractivity contribution in [2.24, 2.45) is 5.73 Å². The van der Waals surface area contributed by atoms with Gasteiger partial charge in [-0.25, -0.2) is 0 Å². The first-order chi connectivity index (χ1) is 9.89. The molecule has 0 atom stereocenters. The van der Waals surface area contributed by atoms with Gasteiger partial charge >= 0.3 is 0 Å². The summed E-state index contributed by atoms with van der Waals surface area (Å²) in [6.45, 7) is 5.46. The predicted octanol–water partition coefficient (Wildman–Crippen LogP) is 2.93. The van der Waals surface area contributed by atoms with Gasteiger partial charge in [-0.15, -0.1) is 0 Å². The zero-order chi connectivity index (χ0) is 15.6. The van der Waals surface area contributed by atoms with E-state index >= 15 is 0 Å². The standard InChI is InChI=1S/C16H22N2OS2/c1-11-4-5-13(12(2)10-11)14(19)18-8-6-16(21-3,7-9-18)15(17)20/h4-5,10H,6-9H2,1-3H3,(H2,17,20). The van der Waals surface area contributed by atoms with Crippen LogP contribution in [0.15, 0.2) is 18.2 Å². The van der Waals surface area contributed by atoms with Crippen molar-refractivity contribution in [1.82, 2.24) is 4.90 Å². The molecule has 0 aromatic heterocycles. The Balaban J connectivity index is 2.12. The molecule has 5 heteroatoms. The third-order valence-corrected chi connectivity index (χ3v) is 6.24. The van der Waals surface area contributed by atoms with E-state index in [2.05, 4.69) is 6.07 Å². The highest BCUT2D eigenvalue weighted by molar-refractivity contribution is 8.02. The summed E-state index contributed by atoms with van der Waals surface area (Å²) < 4.78 is -0.144. The van der Waals surface area contributed by atoms with Crippen LogP contribution in [0, 0.1) is 13.8 Å². The first-order valence-electron chi connectivity index (χ1n) is 7.11. The number of rotatable bonds is 3. The van der Waals surface area contributed by atoms with E-state index < -0.39 is 0 Å². The summed E-state index contributed by atoms with van der Waals surface area (Å²) in [4.78, 5) is 15.1. The van der Waals surface area contributed by atoms with E-state index in [9.17, 15) is 4.79 Å². The van der Waals surface area contributed by atoms with Crippen LogP contribution >= 0.6 is 24.0 Å². The molecule has 0 unspecified atom stereocenters. The van der Waals surface area contributed by atoms with Crippen molar-refractivity contribution in [1.29, 1.82) is 0 Å². The average molecular weight is 322 g/mol. The molecular formula is C16H22N2OS2. The molecule has 0 saturated carbocycles. The molecule has 21 heavy (non-hydrogen) atoms. The highest BCUT2D eigenvalue weighted by Crippen LogP contribution is 2.35. The molecule has 1 amide bonds. The van der Waals surface area contributed by atoms with Crippen molar-refractivity contribution < 1.29 is 4.79 Å². The highest BCUT2D eigenvalue weighted by atomic mass is 32.2. The van der Waals surface area contributed by atoms with E-state index in [0.29, 0.717) is 18.1 Å². The minimum Gasteiger partial charge on any atom is -0.392 e. The maximum atomic E-state index is 12.7. The zero-order valence-electron chi connectivity index (χ0n) is 12.8. The summed E-state index contributed by atoms with van der Waals surface area (Å²) >= 11 is 6.93. The quantitative estimate of drug-likeness (QED) is 0.869. The Morgan fingerprint density at radius 1 is 1.33 bits per heavy atom. The minimum absolute atomic E-state index is 0.116. The van der Waals surface area contributed by atoms with Crippen molar-refractivity contribution in [2.75, 3.05) is 19.3 Å². The first-order valence-corrected chi connectivity index (χ1v) is 8.74. The number of aryl methyl sites for hydroxylation is 2. The van der Waals surface area contributed by atoms with Crippen LogP contribution in [0.25, 0.3) is 0 Å². The second-order valence-corrected chi connectivity index (χ2v) is 7.30. The normalized spacial score (nSPS) is 17.6. The number of carbonyl (C=O) groups is 1. The van der Waals surface area contributed by atoms with Crippen LogP contribution in [0.3, 0.4) is 0 Å². The Hall–Kier alpha value is -1.07. The topological polar surface area (TPSA) is 46.3 Å². The van der Waals surface area contributed by atoms with Crippen LogP contribution in [-0.4, -0.2) is 39.9 Å². The summed E-state index contributed by atoms with van der Waals surface area (Å²) in [5, 5.41) is 0. The predicted molar refractivity (Wildman–Crippen MR) is 94.1 cm³/mol. The second-order valence-electron chi connectivity index (χ2n) is 5.67. The lowest BCUT2D eigenvalue weighted by atomic mass is 9.94. The number of carbonyl (C=O) groups excluding carboxylic acids is 1. The zero-order valence-corrected chi connectivity index (χ0v) is 14.4. The van der Waals surface area contributed by atoms with Gasteiger partial charge in [0, 0.05) is 18.7 Å². The molecule has 2 N–H and O–H groups in total. The van der Waals surface area contributed by atoms with Gasteiger partial charge in [-0.05, 0) is 44.6 Å². The molecule has 1 aliphatic heterocycles. The summed E-state index contributed by atoms with van der Waals surface area (Å²) in [6, 6.07) is 5.97. The molecule has 1 aliphatic rings. The maximum Gasteiger partial charge on any atom is 0.254 e. The van der Waals surface area contributed by atoms with Crippen LogP contribution in [-0.2, 0) is 0 Å². The number of thiocarbonyl (C=S) groups is 1. The van der Waals surface area contributed by atoms with E-state index in [1.165, 1.54) is 5.56 Å². The Kier molecular flexibility index (Phi) is 4.94. The fourth-order valence-corrected chi connectivity index (χ4v) is 4.09. The van der Waals surface area contributed by atoms with Crippen LogP contribution in [0.1, 0.15) is 34.3 Å². The minimum atomic E-state index is -0.144. The average Bonchev–Trinajstić information content (AvgIpc) is 2.46. The van der Waals surface area contributed by atoms with Gasteiger partial charge in [0.25, 0.3) is 5.91 Å². The monoisotopic (exact) mass is 322 g/mol. The Morgan fingerprint density at radius 3 is 2.43 bits per heavy atom. The van der Waals surface area contributed by atoms with Crippen LogP contribution in [0.5, 0.6) is 0 Å². The van der Waals surface area contributed by atoms with Gasteiger partial charge in [-0.3, -0.25) is 4.79 Å². The summed E-state index contributed by atoms with van der Waals surface area (Å²) in [5.74, 6) is 0.116. The molecule has 2 rings (SSSR count). The largest absolute Gasteiger partial charge is 0.392 e. The Bertz CT molecular complexity index is 563. The third kappa shape index (κ3) is 3.24. The summed E-state index contributed by atoms with van der Waals surface area (Å²) in [6.07, 6.45) is 3.71. The first kappa shape index (κ1) is 16.3. The van der Waals surface area contributed by atoms with Crippen molar-refractivity contribution in [3.05, 3.63) is 34.9 Å². The fourth-order valence-electron chi connectivity index (χ4n) is 2.85. The number of piperidine rings is 1. The van der Waals surface area contributed by atoms with Crippen LogP contribution in [0.2, 0.25) is 0 Å². The van der Waals surface area contributed by atoms with Gasteiger partial charge in [0.15, 0.2) is 0 Å². The number of benzene rings is 1. The van der Waals surface area contributed by atoms with E-state index in [4.69, 9.17) is 18.0 Å². The molecule has 0 spiro atoms. The maximum absolute atomic E-state index is 12.7. The van der Waals surface area contributed by atoms with Crippen molar-refractivity contribution in [2.45, 2.75) is 31.4 Å². The lowest BCUT2D eigenvalue weighted by molar-refractivity contribution is 0.0718. The summed E-state index contributed by atoms with van der Waals surface area (Å²) in [5.41, 5.74) is 8.91. The molecule has 1 saturated heterocycles. The lowest BCUT2D eigenvalue weighted by Gasteiger charge is -2.40. The highest BCUT2D eigenvalue weighted by Gasteiger charge is 2.38. The Morgan fingerprint density at radius 2 is 1.95 bits per heavy atom. The number of hydrogen-bond acceptors (Lipinski definition) is 3. The molecule has 3 nitrogen and oxygen atoms in total. The molecule has 114 valence electrons. The van der Waals surface area contributed by atoms with Crippen molar-refractivity contribution in [3.63, 3.8) is 0 Å². The van der Waals surface area contributed by atoms with Gasteiger partial charge < -0.3 is 10.6 Å². The van der Waals surface area contributed by atoms with Gasteiger partial charge in [0.05, 0.1) is 9.74 Å². The molecule has 1 aromatic carbocycles. The molecule has 0 bridgehead atoms. The van der Waals surface area contributed by atoms with E-state index in [1.54, 1.807) is 11.8 Å². The number of amides is 1. The van der Waals surface area contributed by atoms with Gasteiger partial charge in [0.2, 0.25) is 0 Å². The number of thioether (sulfide) groups is 1. The Labute approximate surface area is 136 Å². The third-order valence-electron chi connectivity index (χ3n) is 4.31. The number of hydrogen-bond donors (Lipinski definition) is 1. The number of nitrogens with zero attached hydrogens (tertiary/aromatic N) is 1. The lowest BCUT2D eigenvalue weighted by Crippen LogP contribution is -2.50. The number of nitrogens with two attached hydrogens (primary N) is 1. The van der Waals surface area contributed by atoms with E-state index in [1.807, 2.05) is 37.1 Å². The second kappa shape index (κ2) is 6.36. The van der Waals surface area contributed by atoms with Gasteiger partial charge in [-0.1, -0.05) is 29.9 Å². The smallest absolute Gasteiger partial charge is 0.254 e. The van der Waals surface area contributed by atoms with Crippen LogP contribution < -0.4 is 5.73 Å². The van der Waals surface area contributed by atoms with E-state index in [0.717, 1.165) is 24.0 Å². The molecule has 1 fully saturated rings. The summed E-state index contributed by atoms with van der Waals surface area (Å²) in [7, 11) is 0. The van der Waals surface area contributed by atoms with Crippen molar-refractivity contribution >= 4 is 34.9 Å². The number of likely N-dealkylation sites (tertiary alicyclic amines) is 1. The van der Waals surface area contributed by atoms with Crippen LogP contribution in [0.4, 0.5) is 0 Å². The molecular weight excluding hydrogens is 300 g/mol. The van der Waals surface area contributed by atoms with Gasteiger partial charge in [0.1, 0.15) is 0 Å². The fraction of sp³-hybridized carbons (Fsp3) is 0.500. The molecule has 0 radical (unpaired) electrons. The molecule has 1 aromatic rings. The molecule has 0 aliphatic carbocycles. The SMILES string of the molecule is CSC1(C(N)=S)CCN(C(=O)c2ccc(C)cc2C)CC1. The van der Waals surface area contributed by atoms with E-state index in [-0.39, 0.29) is 10.7 Å². The van der Waals surface area contributed by atoms with Gasteiger partial charge in [-0.2, -0.15) is 11.8 Å². The molecule has 1 heterocycles. The van der Waals surface area contributed by atoms with Crippen molar-refractivity contribution in [3.8, 4) is 0 Å².